The fourth-order valence-corrected chi connectivity index (χ4v) is 1.67. The van der Waals surface area contributed by atoms with Crippen molar-refractivity contribution in [3.8, 4) is 10.4 Å². The van der Waals surface area contributed by atoms with E-state index in [9.17, 15) is 4.79 Å². The highest BCUT2D eigenvalue weighted by atomic mass is 32.1. The molecule has 2 rings (SSSR count). The number of carbonyl (C=O) groups excluding carboxylic acids is 1. The molecule has 5 heteroatoms. The molecule has 0 aliphatic rings. The molecule has 0 saturated carbocycles. The second kappa shape index (κ2) is 3.55. The highest BCUT2D eigenvalue weighted by Gasteiger charge is 2.04. The molecule has 4 nitrogen and oxygen atoms in total. The Bertz CT molecular complexity index is 453. The van der Waals surface area contributed by atoms with Crippen molar-refractivity contribution in [3.05, 3.63) is 35.7 Å². The quantitative estimate of drug-likeness (QED) is 0.803. The number of aromatic nitrogens is 2. The largest absolute Gasteiger partial charge is 0.366 e. The number of nitrogens with two attached hydrogens (primary N) is 1. The molecule has 1 amide bonds. The van der Waals surface area contributed by atoms with Crippen molar-refractivity contribution in [1.29, 1.82) is 0 Å². The predicted molar refractivity (Wildman–Crippen MR) is 53.9 cm³/mol. The number of carbonyl (C=O) groups is 1. The van der Waals surface area contributed by atoms with Crippen LogP contribution in [0.2, 0.25) is 0 Å². The van der Waals surface area contributed by atoms with E-state index < -0.39 is 5.91 Å². The van der Waals surface area contributed by atoms with Crippen molar-refractivity contribution in [2.24, 2.45) is 5.73 Å². The molecular weight excluding hydrogens is 198 g/mol. The van der Waals surface area contributed by atoms with Crippen LogP contribution in [0, 0.1) is 0 Å². The first kappa shape index (κ1) is 8.83. The summed E-state index contributed by atoms with van der Waals surface area (Å²) in [5.74, 6) is -0.469. The average Bonchev–Trinajstić information content (AvgIpc) is 2.71. The van der Waals surface area contributed by atoms with Crippen molar-refractivity contribution in [3.63, 3.8) is 0 Å². The zero-order valence-electron chi connectivity index (χ0n) is 7.18. The molecule has 0 unspecified atom stereocenters. The molecular formula is C9H7N3OS. The summed E-state index contributed by atoms with van der Waals surface area (Å²) in [6.45, 7) is 0. The number of rotatable bonds is 2. The third-order valence-electron chi connectivity index (χ3n) is 1.74. The Hall–Kier alpha value is -1.75. The topological polar surface area (TPSA) is 68.9 Å². The summed E-state index contributed by atoms with van der Waals surface area (Å²) < 4.78 is 0. The Balaban J connectivity index is 2.46. The van der Waals surface area contributed by atoms with Gasteiger partial charge in [0.1, 0.15) is 0 Å². The number of primary amides is 1. The van der Waals surface area contributed by atoms with Gasteiger partial charge in [-0.2, -0.15) is 0 Å². The SMILES string of the molecule is NC(=O)c1cncc(-c2cncs2)c1. The van der Waals surface area contributed by atoms with Gasteiger partial charge in [-0.1, -0.05) is 0 Å². The van der Waals surface area contributed by atoms with Gasteiger partial charge in [0.15, 0.2) is 0 Å². The molecule has 0 aliphatic heterocycles. The Morgan fingerprint density at radius 2 is 2.14 bits per heavy atom. The summed E-state index contributed by atoms with van der Waals surface area (Å²) in [5.41, 5.74) is 8.15. The lowest BCUT2D eigenvalue weighted by atomic mass is 10.2. The Labute approximate surface area is 84.4 Å². The van der Waals surface area contributed by atoms with Crippen molar-refractivity contribution >= 4 is 17.2 Å². The van der Waals surface area contributed by atoms with Crippen molar-refractivity contribution in [2.45, 2.75) is 0 Å². The van der Waals surface area contributed by atoms with Gasteiger partial charge in [0.2, 0.25) is 5.91 Å². The fourth-order valence-electron chi connectivity index (χ4n) is 1.07. The maximum Gasteiger partial charge on any atom is 0.250 e. The van der Waals surface area contributed by atoms with Gasteiger partial charge in [0, 0.05) is 24.2 Å². The fraction of sp³-hybridized carbons (Fsp3) is 0. The van der Waals surface area contributed by atoms with Gasteiger partial charge in [-0.05, 0) is 6.07 Å². The van der Waals surface area contributed by atoms with E-state index in [0.29, 0.717) is 5.56 Å². The van der Waals surface area contributed by atoms with Crippen molar-refractivity contribution < 1.29 is 4.79 Å². The minimum Gasteiger partial charge on any atom is -0.366 e. The Kier molecular flexibility index (Phi) is 2.24. The monoisotopic (exact) mass is 205 g/mol. The molecule has 0 aromatic carbocycles. The Morgan fingerprint density at radius 1 is 1.29 bits per heavy atom. The van der Waals surface area contributed by atoms with E-state index >= 15 is 0 Å². The maximum atomic E-state index is 10.9. The lowest BCUT2D eigenvalue weighted by Gasteiger charge is -1.98. The molecule has 70 valence electrons. The third kappa shape index (κ3) is 1.62. The molecule has 2 aromatic heterocycles. The van der Waals surface area contributed by atoms with Gasteiger partial charge in [-0.25, -0.2) is 0 Å². The minimum absolute atomic E-state index is 0.413. The minimum atomic E-state index is -0.469. The zero-order chi connectivity index (χ0) is 9.97. The molecule has 2 heterocycles. The van der Waals surface area contributed by atoms with Crippen LogP contribution < -0.4 is 5.73 Å². The number of pyridine rings is 1. The van der Waals surface area contributed by atoms with Crippen LogP contribution in [0.15, 0.2) is 30.2 Å². The van der Waals surface area contributed by atoms with E-state index in [1.165, 1.54) is 17.5 Å². The summed E-state index contributed by atoms with van der Waals surface area (Å²) in [6, 6.07) is 1.71. The highest BCUT2D eigenvalue weighted by Crippen LogP contribution is 2.22. The standard InChI is InChI=1S/C9H7N3OS/c10-9(13)7-1-6(2-11-3-7)8-4-12-5-14-8/h1-5H,(H2,10,13). The highest BCUT2D eigenvalue weighted by molar-refractivity contribution is 7.13. The van der Waals surface area contributed by atoms with Crippen LogP contribution in [-0.4, -0.2) is 15.9 Å². The van der Waals surface area contributed by atoms with Gasteiger partial charge >= 0.3 is 0 Å². The van der Waals surface area contributed by atoms with Crippen LogP contribution in [0.4, 0.5) is 0 Å². The van der Waals surface area contributed by atoms with Crippen molar-refractivity contribution in [1.82, 2.24) is 9.97 Å². The summed E-state index contributed by atoms with van der Waals surface area (Å²) in [7, 11) is 0. The van der Waals surface area contributed by atoms with E-state index in [0.717, 1.165) is 10.4 Å². The van der Waals surface area contributed by atoms with Crippen LogP contribution in [0.5, 0.6) is 0 Å². The first-order chi connectivity index (χ1) is 6.77. The molecule has 0 spiro atoms. The third-order valence-corrected chi connectivity index (χ3v) is 2.56. The van der Waals surface area contributed by atoms with E-state index in [1.807, 2.05) is 0 Å². The molecule has 14 heavy (non-hydrogen) atoms. The van der Waals surface area contributed by atoms with Crippen molar-refractivity contribution in [2.75, 3.05) is 0 Å². The first-order valence-electron chi connectivity index (χ1n) is 3.91. The second-order valence-corrected chi connectivity index (χ2v) is 3.58. The lowest BCUT2D eigenvalue weighted by Crippen LogP contribution is -2.11. The molecule has 0 bridgehead atoms. The van der Waals surface area contributed by atoms with Gasteiger partial charge in [-0.15, -0.1) is 11.3 Å². The summed E-state index contributed by atoms with van der Waals surface area (Å²) in [6.07, 6.45) is 4.86. The van der Waals surface area contributed by atoms with E-state index in [4.69, 9.17) is 5.73 Å². The number of hydrogen-bond acceptors (Lipinski definition) is 4. The number of hydrogen-bond donors (Lipinski definition) is 1. The van der Waals surface area contributed by atoms with Crippen LogP contribution in [-0.2, 0) is 0 Å². The van der Waals surface area contributed by atoms with Crippen LogP contribution in [0.1, 0.15) is 10.4 Å². The smallest absolute Gasteiger partial charge is 0.250 e. The molecule has 2 N–H and O–H groups in total. The molecule has 0 atom stereocenters. The average molecular weight is 205 g/mol. The summed E-state index contributed by atoms with van der Waals surface area (Å²) in [4.78, 5) is 19.8. The normalized spacial score (nSPS) is 10.0. The summed E-state index contributed by atoms with van der Waals surface area (Å²) in [5, 5.41) is 0. The van der Waals surface area contributed by atoms with Crippen LogP contribution in [0.25, 0.3) is 10.4 Å². The van der Waals surface area contributed by atoms with Gasteiger partial charge < -0.3 is 5.73 Å². The first-order valence-corrected chi connectivity index (χ1v) is 4.79. The van der Waals surface area contributed by atoms with Crippen LogP contribution in [0.3, 0.4) is 0 Å². The number of amides is 1. The van der Waals surface area contributed by atoms with Gasteiger partial charge in [0.25, 0.3) is 0 Å². The zero-order valence-corrected chi connectivity index (χ0v) is 7.99. The molecule has 0 saturated heterocycles. The molecule has 0 aliphatic carbocycles. The molecule has 0 radical (unpaired) electrons. The van der Waals surface area contributed by atoms with Gasteiger partial charge in [0.05, 0.1) is 16.0 Å². The van der Waals surface area contributed by atoms with E-state index in [1.54, 1.807) is 24.0 Å². The van der Waals surface area contributed by atoms with Gasteiger partial charge in [-0.3, -0.25) is 14.8 Å². The van der Waals surface area contributed by atoms with E-state index in [2.05, 4.69) is 9.97 Å². The van der Waals surface area contributed by atoms with E-state index in [-0.39, 0.29) is 0 Å². The molecule has 0 fully saturated rings. The molecule has 2 aromatic rings. The summed E-state index contributed by atoms with van der Waals surface area (Å²) >= 11 is 1.49. The number of nitrogens with zero attached hydrogens (tertiary/aromatic N) is 2. The van der Waals surface area contributed by atoms with Crippen LogP contribution >= 0.6 is 11.3 Å². The lowest BCUT2D eigenvalue weighted by molar-refractivity contribution is 0.1000. The Morgan fingerprint density at radius 3 is 2.79 bits per heavy atom. The number of thiazole rings is 1. The second-order valence-electron chi connectivity index (χ2n) is 2.69. The predicted octanol–water partition coefficient (Wildman–Crippen LogP) is 1.30. The maximum absolute atomic E-state index is 10.9.